The van der Waals surface area contributed by atoms with Crippen LogP contribution in [-0.2, 0) is 4.79 Å². The second kappa shape index (κ2) is 11.6. The van der Waals surface area contributed by atoms with Gasteiger partial charge < -0.3 is 20.4 Å². The first-order valence-electron chi connectivity index (χ1n) is 10.2. The summed E-state index contributed by atoms with van der Waals surface area (Å²) in [5, 5.41) is 36.7. The number of allylic oxidation sites excluding steroid dienone is 3. The lowest BCUT2D eigenvalue weighted by Gasteiger charge is -2.39. The van der Waals surface area contributed by atoms with E-state index in [1.165, 1.54) is 5.57 Å². The van der Waals surface area contributed by atoms with Crippen molar-refractivity contribution in [2.75, 3.05) is 6.61 Å². The molecule has 0 spiro atoms. The van der Waals surface area contributed by atoms with Crippen LogP contribution in [0.3, 0.4) is 0 Å². The van der Waals surface area contributed by atoms with Crippen molar-refractivity contribution >= 4 is 5.97 Å². The van der Waals surface area contributed by atoms with Crippen molar-refractivity contribution in [3.63, 3.8) is 0 Å². The Hall–Kier alpha value is -1.17. The first-order valence-corrected chi connectivity index (χ1v) is 10.2. The van der Waals surface area contributed by atoms with Gasteiger partial charge in [-0.25, -0.2) is 0 Å². The monoisotopic (exact) mass is 382 g/mol. The lowest BCUT2D eigenvalue weighted by Crippen LogP contribution is -2.30. The third-order valence-corrected chi connectivity index (χ3v) is 5.66. The summed E-state index contributed by atoms with van der Waals surface area (Å²) in [5.41, 5.74) is 1.38. The summed E-state index contributed by atoms with van der Waals surface area (Å²) in [6, 6.07) is 0. The number of aliphatic hydroxyl groups excluding tert-OH is 3. The van der Waals surface area contributed by atoms with Crippen LogP contribution in [0.15, 0.2) is 23.8 Å². The summed E-state index contributed by atoms with van der Waals surface area (Å²) in [6.45, 7) is 7.52. The van der Waals surface area contributed by atoms with E-state index in [0.717, 1.165) is 25.7 Å². The van der Waals surface area contributed by atoms with Crippen LogP contribution in [0, 0.1) is 29.6 Å². The Balaban J connectivity index is 0.000000527. The number of aliphatic hydroxyl groups is 3. The second-order valence-electron chi connectivity index (χ2n) is 8.48. The van der Waals surface area contributed by atoms with Crippen LogP contribution in [0.1, 0.15) is 59.8 Å². The number of rotatable bonds is 7. The highest BCUT2D eigenvalue weighted by Gasteiger charge is 2.33. The van der Waals surface area contributed by atoms with Gasteiger partial charge in [-0.1, -0.05) is 39.0 Å². The van der Waals surface area contributed by atoms with Crippen LogP contribution in [0.2, 0.25) is 0 Å². The average Bonchev–Trinajstić information content (AvgIpc) is 2.60. The van der Waals surface area contributed by atoms with Gasteiger partial charge in [-0.2, -0.15) is 0 Å². The van der Waals surface area contributed by atoms with Crippen LogP contribution >= 0.6 is 0 Å². The van der Waals surface area contributed by atoms with E-state index in [9.17, 15) is 20.1 Å². The highest BCUT2D eigenvalue weighted by atomic mass is 16.4. The minimum atomic E-state index is -0.741. The van der Waals surface area contributed by atoms with E-state index in [1.54, 1.807) is 20.8 Å². The molecule has 156 valence electrons. The zero-order valence-electron chi connectivity index (χ0n) is 17.2. The molecule has 0 bridgehead atoms. The van der Waals surface area contributed by atoms with Crippen molar-refractivity contribution < 1.29 is 25.2 Å². The Morgan fingerprint density at radius 3 is 2.37 bits per heavy atom. The van der Waals surface area contributed by atoms with Crippen molar-refractivity contribution in [3.05, 3.63) is 23.8 Å². The van der Waals surface area contributed by atoms with Gasteiger partial charge >= 0.3 is 5.97 Å². The van der Waals surface area contributed by atoms with Crippen molar-refractivity contribution in [3.8, 4) is 0 Å². The summed E-state index contributed by atoms with van der Waals surface area (Å²) in [7, 11) is 0. The molecule has 6 atom stereocenters. The number of carbonyl (C=O) groups is 1. The maximum atomic E-state index is 9.99. The highest BCUT2D eigenvalue weighted by Crippen LogP contribution is 2.43. The summed E-state index contributed by atoms with van der Waals surface area (Å²) < 4.78 is 0. The standard InChI is InChI=1S/C18H30O3.C4H8O2/c1-12-3-5-15-10-14(11-19)4-7-18(15)17(12)8-6-16(21)9-13(2)20;1-3(2)4(5)6/h3,5,10,12-14,16-21H,4,6-9,11H2,1-2H3;3H,1-2H3,(H,5,6)/t12-,13-,14?,16-,17-,18-;/m0./s1. The fourth-order valence-corrected chi connectivity index (χ4v) is 3.96. The minimum absolute atomic E-state index is 0.231. The molecule has 0 amide bonds. The number of fused-ring (bicyclic) bond motifs is 1. The van der Waals surface area contributed by atoms with Crippen LogP contribution in [0.25, 0.3) is 0 Å². The van der Waals surface area contributed by atoms with E-state index in [2.05, 4.69) is 25.2 Å². The fraction of sp³-hybridized carbons (Fsp3) is 0.773. The molecule has 0 radical (unpaired) electrons. The Kier molecular flexibility index (Phi) is 10.3. The molecule has 2 aliphatic carbocycles. The minimum Gasteiger partial charge on any atom is -0.481 e. The first-order chi connectivity index (χ1) is 12.6. The largest absolute Gasteiger partial charge is 0.481 e. The summed E-state index contributed by atoms with van der Waals surface area (Å²) >= 11 is 0. The Labute approximate surface area is 163 Å². The molecule has 0 heterocycles. The van der Waals surface area contributed by atoms with E-state index >= 15 is 0 Å². The number of hydrogen-bond donors (Lipinski definition) is 4. The van der Waals surface area contributed by atoms with Crippen LogP contribution in [0.4, 0.5) is 0 Å². The third kappa shape index (κ3) is 8.16. The SMILES string of the molecule is CC(C)C(=O)O.C[C@H](O)C[C@@H](O)CC[C@H]1[C@@H](C)C=CC2=CC(CO)CC[C@@H]21. The molecule has 5 heteroatoms. The molecule has 0 saturated carbocycles. The topological polar surface area (TPSA) is 98.0 Å². The zero-order valence-corrected chi connectivity index (χ0v) is 17.2. The summed E-state index contributed by atoms with van der Waals surface area (Å²) in [5.74, 6) is 1.03. The predicted molar refractivity (Wildman–Crippen MR) is 107 cm³/mol. The molecule has 0 saturated heterocycles. The van der Waals surface area contributed by atoms with Gasteiger partial charge in [0, 0.05) is 12.5 Å². The normalized spacial score (nSPS) is 29.3. The smallest absolute Gasteiger partial charge is 0.305 e. The van der Waals surface area contributed by atoms with Gasteiger partial charge in [0.25, 0.3) is 0 Å². The molecule has 2 aliphatic rings. The van der Waals surface area contributed by atoms with E-state index in [1.807, 2.05) is 0 Å². The first kappa shape index (κ1) is 23.9. The van der Waals surface area contributed by atoms with Gasteiger partial charge in [0.1, 0.15) is 0 Å². The molecule has 0 aromatic carbocycles. The number of carboxylic acids is 1. The molecule has 1 unspecified atom stereocenters. The average molecular weight is 383 g/mol. The van der Waals surface area contributed by atoms with E-state index in [-0.39, 0.29) is 12.5 Å². The zero-order chi connectivity index (χ0) is 20.6. The van der Waals surface area contributed by atoms with Crippen LogP contribution in [-0.4, -0.2) is 45.2 Å². The summed E-state index contributed by atoms with van der Waals surface area (Å²) in [6.07, 6.45) is 10.4. The molecule has 4 N–H and O–H groups in total. The van der Waals surface area contributed by atoms with Gasteiger partial charge in [0.15, 0.2) is 0 Å². The molecular formula is C22H38O5. The maximum absolute atomic E-state index is 9.99. The Morgan fingerprint density at radius 1 is 1.22 bits per heavy atom. The third-order valence-electron chi connectivity index (χ3n) is 5.66. The van der Waals surface area contributed by atoms with Gasteiger partial charge in [-0.3, -0.25) is 4.79 Å². The Bertz CT molecular complexity index is 509. The van der Waals surface area contributed by atoms with Crippen molar-refractivity contribution in [1.29, 1.82) is 0 Å². The van der Waals surface area contributed by atoms with E-state index in [4.69, 9.17) is 5.11 Å². The lowest BCUT2D eigenvalue weighted by atomic mass is 9.66. The maximum Gasteiger partial charge on any atom is 0.305 e. The molecule has 0 aromatic heterocycles. The van der Waals surface area contributed by atoms with Crippen molar-refractivity contribution in [2.24, 2.45) is 29.6 Å². The van der Waals surface area contributed by atoms with E-state index < -0.39 is 18.2 Å². The molecule has 27 heavy (non-hydrogen) atoms. The molecule has 0 aliphatic heterocycles. The quantitative estimate of drug-likeness (QED) is 0.541. The van der Waals surface area contributed by atoms with Crippen molar-refractivity contribution in [1.82, 2.24) is 0 Å². The molecule has 5 nitrogen and oxygen atoms in total. The van der Waals surface area contributed by atoms with Crippen molar-refractivity contribution in [2.45, 2.75) is 72.0 Å². The lowest BCUT2D eigenvalue weighted by molar-refractivity contribution is -0.140. The van der Waals surface area contributed by atoms with Gasteiger partial charge in [-0.15, -0.1) is 0 Å². The van der Waals surface area contributed by atoms with E-state index in [0.29, 0.717) is 30.1 Å². The molecular weight excluding hydrogens is 344 g/mol. The highest BCUT2D eigenvalue weighted by molar-refractivity contribution is 5.68. The van der Waals surface area contributed by atoms with Gasteiger partial charge in [0.2, 0.25) is 0 Å². The molecule has 2 rings (SSSR count). The van der Waals surface area contributed by atoms with Crippen LogP contribution in [0.5, 0.6) is 0 Å². The van der Waals surface area contributed by atoms with Gasteiger partial charge in [0.05, 0.1) is 18.1 Å². The molecule has 0 aromatic rings. The number of carboxylic acid groups (broad SMARTS) is 1. The van der Waals surface area contributed by atoms with Gasteiger partial charge in [-0.05, 0) is 62.4 Å². The number of aliphatic carboxylic acids is 1. The molecule has 0 fully saturated rings. The van der Waals surface area contributed by atoms with Crippen LogP contribution < -0.4 is 0 Å². The summed E-state index contributed by atoms with van der Waals surface area (Å²) in [4.78, 5) is 9.70. The predicted octanol–water partition coefficient (Wildman–Crippen LogP) is 3.39. The number of hydrogen-bond acceptors (Lipinski definition) is 4. The Morgan fingerprint density at radius 2 is 1.85 bits per heavy atom. The fourth-order valence-electron chi connectivity index (χ4n) is 3.96. The second-order valence-corrected chi connectivity index (χ2v) is 8.48.